The van der Waals surface area contributed by atoms with Crippen molar-refractivity contribution in [3.05, 3.63) is 52.9 Å². The number of aryl methyl sites for hydroxylation is 2. The van der Waals surface area contributed by atoms with Gasteiger partial charge in [-0.25, -0.2) is 4.99 Å². The van der Waals surface area contributed by atoms with Gasteiger partial charge in [0.2, 0.25) is 0 Å². The van der Waals surface area contributed by atoms with Crippen LogP contribution in [0.5, 0.6) is 0 Å². The summed E-state index contributed by atoms with van der Waals surface area (Å²) in [6.45, 7) is 15.4. The number of benzene rings is 1. The number of nitrogens with zero attached hydrogens (tertiary/aromatic N) is 4. The molecular formula is C25H40N6O. The zero-order chi connectivity index (χ0) is 22.6. The molecule has 3 rings (SSSR count). The Bertz CT molecular complexity index is 790. The van der Waals surface area contributed by atoms with Gasteiger partial charge >= 0.3 is 0 Å². The van der Waals surface area contributed by atoms with E-state index in [0.29, 0.717) is 6.54 Å². The van der Waals surface area contributed by atoms with Gasteiger partial charge in [-0.1, -0.05) is 49.3 Å². The van der Waals surface area contributed by atoms with Gasteiger partial charge in [0.1, 0.15) is 5.76 Å². The normalized spacial score (nSPS) is 15.8. The first-order chi connectivity index (χ1) is 15.7. The lowest BCUT2D eigenvalue weighted by Crippen LogP contribution is -2.46. The van der Waals surface area contributed by atoms with Gasteiger partial charge < -0.3 is 20.1 Å². The smallest absolute Gasteiger partial charge is 0.191 e. The molecule has 1 aliphatic heterocycles. The van der Waals surface area contributed by atoms with Gasteiger partial charge in [-0.05, 0) is 31.9 Å². The molecule has 0 atom stereocenters. The molecule has 0 spiro atoms. The first-order valence-corrected chi connectivity index (χ1v) is 12.2. The number of aromatic nitrogens is 1. The van der Waals surface area contributed by atoms with Gasteiger partial charge in [0.25, 0.3) is 0 Å². The van der Waals surface area contributed by atoms with Crippen LogP contribution in [0.25, 0.3) is 0 Å². The van der Waals surface area contributed by atoms with Crippen LogP contribution in [-0.4, -0.2) is 66.7 Å². The molecule has 0 saturated carbocycles. The molecule has 0 bridgehead atoms. The Morgan fingerprint density at radius 3 is 2.44 bits per heavy atom. The summed E-state index contributed by atoms with van der Waals surface area (Å²) in [4.78, 5) is 9.91. The summed E-state index contributed by atoms with van der Waals surface area (Å²) in [5, 5.41) is 11.0. The lowest BCUT2D eigenvalue weighted by molar-refractivity contribution is 0.126. The third-order valence-corrected chi connectivity index (χ3v) is 6.00. The highest BCUT2D eigenvalue weighted by Gasteiger charge is 2.16. The highest BCUT2D eigenvalue weighted by molar-refractivity contribution is 5.79. The van der Waals surface area contributed by atoms with E-state index in [9.17, 15) is 0 Å². The van der Waals surface area contributed by atoms with E-state index in [4.69, 9.17) is 9.52 Å². The largest absolute Gasteiger partial charge is 0.361 e. The topological polar surface area (TPSA) is 68.9 Å². The molecule has 32 heavy (non-hydrogen) atoms. The van der Waals surface area contributed by atoms with Crippen molar-refractivity contribution in [2.75, 3.05) is 45.8 Å². The third kappa shape index (κ3) is 7.35. The van der Waals surface area contributed by atoms with E-state index in [1.54, 1.807) is 0 Å². The maximum Gasteiger partial charge on any atom is 0.191 e. The fourth-order valence-electron chi connectivity index (χ4n) is 4.14. The molecule has 1 aromatic heterocycles. The molecule has 1 aromatic carbocycles. The molecule has 0 radical (unpaired) electrons. The number of aliphatic imine (C=N–C) groups is 1. The van der Waals surface area contributed by atoms with Crippen LogP contribution >= 0.6 is 0 Å². The van der Waals surface area contributed by atoms with E-state index in [1.165, 1.54) is 5.56 Å². The van der Waals surface area contributed by atoms with Gasteiger partial charge in [0.15, 0.2) is 5.96 Å². The maximum absolute atomic E-state index is 5.47. The van der Waals surface area contributed by atoms with E-state index in [2.05, 4.69) is 76.7 Å². The van der Waals surface area contributed by atoms with Crippen molar-refractivity contribution in [3.8, 4) is 0 Å². The highest BCUT2D eigenvalue weighted by Crippen LogP contribution is 2.16. The van der Waals surface area contributed by atoms with Gasteiger partial charge in [0.05, 0.1) is 12.2 Å². The second-order valence-corrected chi connectivity index (χ2v) is 8.32. The minimum Gasteiger partial charge on any atom is -0.361 e. The van der Waals surface area contributed by atoms with Crippen molar-refractivity contribution >= 4 is 5.96 Å². The molecule has 1 fully saturated rings. The molecule has 2 aromatic rings. The molecule has 2 heterocycles. The first-order valence-electron chi connectivity index (χ1n) is 12.2. The molecule has 0 unspecified atom stereocenters. The predicted molar refractivity (Wildman–Crippen MR) is 131 cm³/mol. The van der Waals surface area contributed by atoms with Crippen molar-refractivity contribution < 1.29 is 4.52 Å². The summed E-state index contributed by atoms with van der Waals surface area (Å²) in [5.41, 5.74) is 3.57. The molecule has 2 N–H and O–H groups in total. The number of nitrogens with one attached hydrogen (secondary N) is 2. The van der Waals surface area contributed by atoms with Crippen LogP contribution in [0.3, 0.4) is 0 Å². The Balaban J connectivity index is 1.38. The Kier molecular flexibility index (Phi) is 10.0. The van der Waals surface area contributed by atoms with Crippen LogP contribution in [0.15, 0.2) is 39.8 Å². The van der Waals surface area contributed by atoms with E-state index in [-0.39, 0.29) is 0 Å². The Morgan fingerprint density at radius 1 is 1.00 bits per heavy atom. The quantitative estimate of drug-likeness (QED) is 0.318. The number of rotatable bonds is 11. The second kappa shape index (κ2) is 13.2. The lowest BCUT2D eigenvalue weighted by atomic mass is 10.1. The number of hydrogen-bond acceptors (Lipinski definition) is 5. The SMILES string of the molecule is CCNC(=NCc1c(CC)noc1CC)NCCCN1CCN(Cc2ccccc2)CC1. The summed E-state index contributed by atoms with van der Waals surface area (Å²) in [6, 6.07) is 10.8. The molecule has 1 aliphatic rings. The summed E-state index contributed by atoms with van der Waals surface area (Å²) in [5.74, 6) is 1.82. The Hall–Kier alpha value is -2.38. The first kappa shape index (κ1) is 24.3. The van der Waals surface area contributed by atoms with Gasteiger partial charge in [-0.3, -0.25) is 4.90 Å². The van der Waals surface area contributed by atoms with E-state index >= 15 is 0 Å². The van der Waals surface area contributed by atoms with Crippen LogP contribution in [0, 0.1) is 0 Å². The van der Waals surface area contributed by atoms with E-state index in [0.717, 1.165) is 94.6 Å². The molecule has 7 heteroatoms. The average molecular weight is 441 g/mol. The summed E-state index contributed by atoms with van der Waals surface area (Å²) >= 11 is 0. The fourth-order valence-corrected chi connectivity index (χ4v) is 4.14. The molecule has 0 aliphatic carbocycles. The summed E-state index contributed by atoms with van der Waals surface area (Å²) in [7, 11) is 0. The molecule has 7 nitrogen and oxygen atoms in total. The molecule has 1 saturated heterocycles. The minimum absolute atomic E-state index is 0.606. The van der Waals surface area contributed by atoms with Gasteiger partial charge in [-0.2, -0.15) is 0 Å². The average Bonchev–Trinajstić information content (AvgIpc) is 3.24. The standard InChI is InChI=1S/C25H40N6O/c1-4-23-22(24(5-2)32-29-23)19-28-25(26-6-3)27-13-10-14-30-15-17-31(18-16-30)20-21-11-8-7-9-12-21/h7-9,11-12H,4-6,10,13-20H2,1-3H3,(H2,26,27,28). The highest BCUT2D eigenvalue weighted by atomic mass is 16.5. The second-order valence-electron chi connectivity index (χ2n) is 8.32. The van der Waals surface area contributed by atoms with Gasteiger partial charge in [0, 0.05) is 57.8 Å². The number of guanidine groups is 1. The lowest BCUT2D eigenvalue weighted by Gasteiger charge is -2.34. The van der Waals surface area contributed by atoms with Crippen molar-refractivity contribution in [1.29, 1.82) is 0 Å². The fraction of sp³-hybridized carbons (Fsp3) is 0.600. The zero-order valence-corrected chi connectivity index (χ0v) is 20.1. The zero-order valence-electron chi connectivity index (χ0n) is 20.1. The molecule has 0 amide bonds. The Labute approximate surface area is 193 Å². The number of hydrogen-bond donors (Lipinski definition) is 2. The van der Waals surface area contributed by atoms with Crippen molar-refractivity contribution in [1.82, 2.24) is 25.6 Å². The van der Waals surface area contributed by atoms with Crippen molar-refractivity contribution in [2.45, 2.75) is 53.1 Å². The third-order valence-electron chi connectivity index (χ3n) is 6.00. The molecule has 176 valence electrons. The van der Waals surface area contributed by atoms with Gasteiger partial charge in [-0.15, -0.1) is 0 Å². The van der Waals surface area contributed by atoms with Crippen molar-refractivity contribution in [3.63, 3.8) is 0 Å². The predicted octanol–water partition coefficient (Wildman–Crippen LogP) is 3.06. The Morgan fingerprint density at radius 2 is 1.75 bits per heavy atom. The van der Waals surface area contributed by atoms with E-state index in [1.807, 2.05) is 0 Å². The summed E-state index contributed by atoms with van der Waals surface area (Å²) < 4.78 is 5.47. The maximum atomic E-state index is 5.47. The van der Waals surface area contributed by atoms with Crippen LogP contribution in [0.1, 0.15) is 49.8 Å². The minimum atomic E-state index is 0.606. The van der Waals surface area contributed by atoms with E-state index < -0.39 is 0 Å². The molecular weight excluding hydrogens is 400 g/mol. The van der Waals surface area contributed by atoms with Crippen LogP contribution in [-0.2, 0) is 25.9 Å². The van der Waals surface area contributed by atoms with Crippen LogP contribution < -0.4 is 10.6 Å². The summed E-state index contributed by atoms with van der Waals surface area (Å²) in [6.07, 6.45) is 2.83. The monoisotopic (exact) mass is 440 g/mol. The number of piperazine rings is 1. The van der Waals surface area contributed by atoms with Crippen LogP contribution in [0.4, 0.5) is 0 Å². The van der Waals surface area contributed by atoms with Crippen LogP contribution in [0.2, 0.25) is 0 Å². The van der Waals surface area contributed by atoms with Crippen molar-refractivity contribution in [2.24, 2.45) is 4.99 Å².